The summed E-state index contributed by atoms with van der Waals surface area (Å²) in [7, 11) is 0. The van der Waals surface area contributed by atoms with Crippen molar-refractivity contribution >= 4 is 17.6 Å². The lowest BCUT2D eigenvalue weighted by Crippen LogP contribution is -2.35. The maximum Gasteiger partial charge on any atom is 0.319 e. The van der Waals surface area contributed by atoms with Gasteiger partial charge in [-0.05, 0) is 50.5 Å². The molecule has 1 fully saturated rings. The summed E-state index contributed by atoms with van der Waals surface area (Å²) in [4.78, 5) is 23.8. The van der Waals surface area contributed by atoms with Gasteiger partial charge in [0.2, 0.25) is 0 Å². The third kappa shape index (κ3) is 6.22. The number of carbonyl (C=O) groups excluding carboxylic acids is 2. The van der Waals surface area contributed by atoms with Crippen molar-refractivity contribution in [3.63, 3.8) is 0 Å². The molecule has 0 saturated carbocycles. The molecule has 7 nitrogen and oxygen atoms in total. The minimum atomic E-state index is -0.257. The smallest absolute Gasteiger partial charge is 0.319 e. The van der Waals surface area contributed by atoms with Crippen LogP contribution in [0, 0.1) is 5.41 Å². The van der Waals surface area contributed by atoms with Crippen molar-refractivity contribution in [2.24, 2.45) is 5.41 Å². The Morgan fingerprint density at radius 2 is 1.78 bits per heavy atom. The van der Waals surface area contributed by atoms with E-state index in [1.165, 1.54) is 0 Å². The molecule has 1 aliphatic rings. The molecule has 3 amide bonds. The average Bonchev–Trinajstić information content (AvgIpc) is 3.21. The van der Waals surface area contributed by atoms with Crippen LogP contribution in [-0.4, -0.2) is 44.5 Å². The summed E-state index contributed by atoms with van der Waals surface area (Å²) in [5, 5.41) is 8.38. The average molecular weight is 377 g/mol. The molecule has 2 rings (SSSR count). The number of amides is 3. The van der Waals surface area contributed by atoms with Crippen LogP contribution in [0.3, 0.4) is 0 Å². The highest BCUT2D eigenvalue weighted by Crippen LogP contribution is 2.35. The van der Waals surface area contributed by atoms with Gasteiger partial charge in [0.1, 0.15) is 0 Å². The Labute approximate surface area is 161 Å². The predicted molar refractivity (Wildman–Crippen MR) is 105 cm³/mol. The van der Waals surface area contributed by atoms with E-state index in [4.69, 9.17) is 9.47 Å². The quantitative estimate of drug-likeness (QED) is 0.577. The molecule has 0 bridgehead atoms. The van der Waals surface area contributed by atoms with Gasteiger partial charge in [-0.3, -0.25) is 4.79 Å². The van der Waals surface area contributed by atoms with Crippen molar-refractivity contribution in [1.82, 2.24) is 10.6 Å². The topological polar surface area (TPSA) is 88.7 Å². The molecule has 1 aliphatic heterocycles. The van der Waals surface area contributed by atoms with Crippen LogP contribution in [0.25, 0.3) is 0 Å². The third-order valence-corrected chi connectivity index (χ3v) is 4.95. The van der Waals surface area contributed by atoms with Crippen molar-refractivity contribution in [3.05, 3.63) is 29.8 Å². The van der Waals surface area contributed by atoms with Crippen LogP contribution in [0.4, 0.5) is 10.5 Å². The molecule has 1 aromatic carbocycles. The normalized spacial score (nSPS) is 16.6. The Kier molecular flexibility index (Phi) is 8.06. The molecule has 1 heterocycles. The van der Waals surface area contributed by atoms with Crippen LogP contribution in [-0.2, 0) is 9.47 Å². The second-order valence-electron chi connectivity index (χ2n) is 7.00. The molecular formula is C20H31N3O4. The summed E-state index contributed by atoms with van der Waals surface area (Å²) < 4.78 is 11.3. The van der Waals surface area contributed by atoms with Crippen LogP contribution in [0.5, 0.6) is 0 Å². The van der Waals surface area contributed by atoms with Crippen LogP contribution >= 0.6 is 0 Å². The van der Waals surface area contributed by atoms with Gasteiger partial charge >= 0.3 is 6.03 Å². The summed E-state index contributed by atoms with van der Waals surface area (Å²) in [6.45, 7) is 8.63. The van der Waals surface area contributed by atoms with Gasteiger partial charge in [0.05, 0.1) is 13.2 Å². The van der Waals surface area contributed by atoms with E-state index in [0.717, 1.165) is 19.3 Å². The number of anilines is 1. The van der Waals surface area contributed by atoms with Gasteiger partial charge in [0.25, 0.3) is 5.91 Å². The molecule has 3 N–H and O–H groups in total. The van der Waals surface area contributed by atoms with Gasteiger partial charge in [-0.15, -0.1) is 0 Å². The number of hydrogen-bond acceptors (Lipinski definition) is 4. The lowest BCUT2D eigenvalue weighted by molar-refractivity contribution is -0.131. The minimum Gasteiger partial charge on any atom is -0.352 e. The summed E-state index contributed by atoms with van der Waals surface area (Å²) >= 11 is 0. The Hall–Kier alpha value is -2.12. The van der Waals surface area contributed by atoms with E-state index in [9.17, 15) is 9.59 Å². The van der Waals surface area contributed by atoms with Gasteiger partial charge in [-0.25, -0.2) is 4.79 Å². The molecule has 0 unspecified atom stereocenters. The van der Waals surface area contributed by atoms with Gasteiger partial charge in [-0.2, -0.15) is 0 Å². The van der Waals surface area contributed by atoms with E-state index in [1.807, 2.05) is 6.92 Å². The first-order valence-electron chi connectivity index (χ1n) is 9.65. The van der Waals surface area contributed by atoms with Crippen molar-refractivity contribution < 1.29 is 19.1 Å². The Bertz CT molecular complexity index is 614. The number of benzene rings is 1. The second-order valence-corrected chi connectivity index (χ2v) is 7.00. The van der Waals surface area contributed by atoms with Crippen molar-refractivity contribution in [2.75, 3.05) is 31.6 Å². The maximum atomic E-state index is 12.0. The lowest BCUT2D eigenvalue weighted by atomic mass is 9.82. The van der Waals surface area contributed by atoms with E-state index in [0.29, 0.717) is 37.6 Å². The van der Waals surface area contributed by atoms with Crippen LogP contribution < -0.4 is 16.0 Å². The summed E-state index contributed by atoms with van der Waals surface area (Å²) in [6, 6.07) is 6.55. The molecule has 0 spiro atoms. The zero-order valence-corrected chi connectivity index (χ0v) is 16.5. The zero-order chi connectivity index (χ0) is 19.7. The van der Waals surface area contributed by atoms with E-state index in [1.54, 1.807) is 24.3 Å². The van der Waals surface area contributed by atoms with Crippen LogP contribution in [0.15, 0.2) is 24.3 Å². The third-order valence-electron chi connectivity index (χ3n) is 4.95. The van der Waals surface area contributed by atoms with Crippen molar-refractivity contribution in [3.8, 4) is 0 Å². The Morgan fingerprint density at radius 3 is 2.37 bits per heavy atom. The van der Waals surface area contributed by atoms with Crippen molar-refractivity contribution in [1.29, 1.82) is 0 Å². The first kappa shape index (κ1) is 21.2. The molecule has 1 saturated heterocycles. The predicted octanol–water partition coefficient (Wildman–Crippen LogP) is 3.13. The van der Waals surface area contributed by atoms with Gasteiger partial charge in [0, 0.05) is 29.8 Å². The van der Waals surface area contributed by atoms with Gasteiger partial charge < -0.3 is 25.4 Å². The molecule has 1 atom stereocenters. The van der Waals surface area contributed by atoms with Crippen LogP contribution in [0.2, 0.25) is 0 Å². The highest BCUT2D eigenvalue weighted by molar-refractivity contribution is 5.95. The molecule has 150 valence electrons. The maximum absolute atomic E-state index is 12.0. The van der Waals surface area contributed by atoms with E-state index < -0.39 is 0 Å². The number of nitrogens with one attached hydrogen (secondary N) is 3. The van der Waals surface area contributed by atoms with E-state index in [-0.39, 0.29) is 23.6 Å². The van der Waals surface area contributed by atoms with Gasteiger partial charge in [0.15, 0.2) is 6.29 Å². The zero-order valence-electron chi connectivity index (χ0n) is 16.5. The highest BCUT2D eigenvalue weighted by atomic mass is 16.7. The minimum absolute atomic E-state index is 0.0381. The van der Waals surface area contributed by atoms with Gasteiger partial charge in [-0.1, -0.05) is 13.8 Å². The summed E-state index contributed by atoms with van der Waals surface area (Å²) in [5.41, 5.74) is 1.17. The molecule has 0 aliphatic carbocycles. The number of hydrogen-bond donors (Lipinski definition) is 3. The first-order valence-corrected chi connectivity index (χ1v) is 9.65. The molecule has 1 aromatic rings. The second kappa shape index (κ2) is 10.3. The number of carbonyl (C=O) groups is 2. The molecular weight excluding hydrogens is 346 g/mol. The number of ether oxygens (including phenoxy) is 2. The van der Waals surface area contributed by atoms with Crippen molar-refractivity contribution in [2.45, 2.75) is 46.3 Å². The fraction of sp³-hybridized carbons (Fsp3) is 0.600. The number of urea groups is 1. The van der Waals surface area contributed by atoms with E-state index in [2.05, 4.69) is 29.8 Å². The standard InChI is InChI=1S/C20H31N3O4/c1-4-20(3,18-26-13-14-27-18)11-6-12-22-19(25)23-16-9-7-15(8-10-16)17(24)21-5-2/h7-10,18H,4-6,11-14H2,1-3H3,(H,21,24)(H2,22,23,25)/t20-/m0/s1. The fourth-order valence-corrected chi connectivity index (χ4v) is 3.06. The van der Waals surface area contributed by atoms with E-state index >= 15 is 0 Å². The SMILES string of the molecule is CCNC(=O)c1ccc(NC(=O)NCCC[C@](C)(CC)C2OCCO2)cc1. The Balaban J connectivity index is 1.72. The molecule has 27 heavy (non-hydrogen) atoms. The molecule has 0 aromatic heterocycles. The highest BCUT2D eigenvalue weighted by Gasteiger charge is 2.36. The lowest BCUT2D eigenvalue weighted by Gasteiger charge is -2.33. The Morgan fingerprint density at radius 1 is 1.11 bits per heavy atom. The monoisotopic (exact) mass is 377 g/mol. The largest absolute Gasteiger partial charge is 0.352 e. The summed E-state index contributed by atoms with van der Waals surface area (Å²) in [6.07, 6.45) is 2.56. The van der Waals surface area contributed by atoms with Crippen LogP contribution in [0.1, 0.15) is 50.4 Å². The molecule has 0 radical (unpaired) electrons. The first-order chi connectivity index (χ1) is 13.0. The summed E-state index contributed by atoms with van der Waals surface area (Å²) in [5.74, 6) is -0.123. The molecule has 7 heteroatoms. The fourth-order valence-electron chi connectivity index (χ4n) is 3.06. The number of rotatable bonds is 9.